The van der Waals surface area contributed by atoms with Gasteiger partial charge in [0, 0.05) is 10.7 Å². The molecule has 0 aliphatic rings. The molecule has 1 rings (SSSR count). The number of thiol groups is 1. The lowest BCUT2D eigenvalue weighted by atomic mass is 10.2. The Hall–Kier alpha value is -0.280. The summed E-state index contributed by atoms with van der Waals surface area (Å²) in [4.78, 5) is 0. The lowest BCUT2D eigenvalue weighted by Crippen LogP contribution is -1.76. The first kappa shape index (κ1) is 7.82. The Morgan fingerprint density at radius 1 is 1.30 bits per heavy atom. The van der Waals surface area contributed by atoms with Gasteiger partial charge in [-0.2, -0.15) is 0 Å². The lowest BCUT2D eigenvalue weighted by molar-refractivity contribution is 1.62. The molecule has 0 N–H and O–H groups in total. The van der Waals surface area contributed by atoms with Crippen molar-refractivity contribution in [1.82, 2.24) is 0 Å². The molecule has 0 aliphatic carbocycles. The fourth-order valence-electron chi connectivity index (χ4n) is 0.616. The maximum atomic E-state index is 3.72. The van der Waals surface area contributed by atoms with Crippen LogP contribution in [-0.2, 0) is 0 Å². The molecule has 10 heavy (non-hydrogen) atoms. The van der Waals surface area contributed by atoms with Crippen LogP contribution in [0.5, 0.6) is 0 Å². The highest BCUT2D eigenvalue weighted by Crippen LogP contribution is 2.08. The quantitative estimate of drug-likeness (QED) is 0.547. The molecule has 0 saturated carbocycles. The van der Waals surface area contributed by atoms with Crippen molar-refractivity contribution in [1.29, 1.82) is 0 Å². The van der Waals surface area contributed by atoms with Gasteiger partial charge in [0.15, 0.2) is 0 Å². The first-order valence-electron chi connectivity index (χ1n) is 2.76. The van der Waals surface area contributed by atoms with E-state index in [9.17, 15) is 0 Å². The second-order valence-electron chi connectivity index (χ2n) is 1.80. The van der Waals surface area contributed by atoms with Crippen LogP contribution in [-0.4, -0.2) is 6.21 Å². The normalized spacial score (nSPS) is 10.6. The van der Waals surface area contributed by atoms with Gasteiger partial charge in [-0.1, -0.05) is 28.1 Å². The van der Waals surface area contributed by atoms with Crippen LogP contribution in [0.15, 0.2) is 33.1 Å². The minimum absolute atomic E-state index is 1.05. The van der Waals surface area contributed by atoms with E-state index in [-0.39, 0.29) is 0 Å². The summed E-state index contributed by atoms with van der Waals surface area (Å²) in [5.74, 6) is 0. The van der Waals surface area contributed by atoms with Crippen LogP contribution in [0.2, 0.25) is 0 Å². The van der Waals surface area contributed by atoms with Crippen LogP contribution < -0.4 is 0 Å². The van der Waals surface area contributed by atoms with Gasteiger partial charge < -0.3 is 0 Å². The minimum Gasteiger partial charge on any atom is -0.227 e. The van der Waals surface area contributed by atoms with E-state index in [1.165, 1.54) is 0 Å². The predicted octanol–water partition coefficient (Wildman–Crippen LogP) is 2.71. The SMILES string of the molecule is S/N=C/c1ccc(Br)cc1. The summed E-state index contributed by atoms with van der Waals surface area (Å²) in [5, 5.41) is 0. The van der Waals surface area contributed by atoms with E-state index in [4.69, 9.17) is 0 Å². The van der Waals surface area contributed by atoms with E-state index < -0.39 is 0 Å². The van der Waals surface area contributed by atoms with E-state index in [1.54, 1.807) is 6.21 Å². The molecular formula is C7H6BrNS. The van der Waals surface area contributed by atoms with Crippen LogP contribution in [0.25, 0.3) is 0 Å². The zero-order chi connectivity index (χ0) is 7.40. The van der Waals surface area contributed by atoms with Crippen molar-refractivity contribution >= 4 is 35.0 Å². The minimum atomic E-state index is 1.05. The Labute approximate surface area is 73.8 Å². The number of hydrogen-bond donors (Lipinski definition) is 1. The van der Waals surface area contributed by atoms with Gasteiger partial charge in [-0.15, -0.1) is 0 Å². The molecule has 0 saturated heterocycles. The first-order valence-corrected chi connectivity index (χ1v) is 3.95. The van der Waals surface area contributed by atoms with Crippen molar-refractivity contribution < 1.29 is 0 Å². The zero-order valence-corrected chi connectivity index (χ0v) is 7.64. The monoisotopic (exact) mass is 215 g/mol. The summed E-state index contributed by atoms with van der Waals surface area (Å²) in [6, 6.07) is 7.85. The van der Waals surface area contributed by atoms with E-state index >= 15 is 0 Å². The van der Waals surface area contributed by atoms with Crippen LogP contribution in [0.4, 0.5) is 0 Å². The number of rotatable bonds is 1. The van der Waals surface area contributed by atoms with Crippen molar-refractivity contribution in [3.8, 4) is 0 Å². The number of halogens is 1. The van der Waals surface area contributed by atoms with Gasteiger partial charge in [0.2, 0.25) is 0 Å². The van der Waals surface area contributed by atoms with E-state index in [0.717, 1.165) is 10.0 Å². The Morgan fingerprint density at radius 3 is 2.40 bits per heavy atom. The molecule has 1 aromatic carbocycles. The van der Waals surface area contributed by atoms with Crippen LogP contribution in [0.3, 0.4) is 0 Å². The first-order chi connectivity index (χ1) is 4.83. The second kappa shape index (κ2) is 3.78. The average Bonchev–Trinajstić information content (AvgIpc) is 1.95. The Kier molecular flexibility index (Phi) is 2.96. The molecular weight excluding hydrogens is 210 g/mol. The number of hydrogen-bond acceptors (Lipinski definition) is 2. The maximum Gasteiger partial charge on any atom is 0.0420 e. The number of benzene rings is 1. The highest BCUT2D eigenvalue weighted by molar-refractivity contribution is 9.10. The molecule has 0 aromatic heterocycles. The zero-order valence-electron chi connectivity index (χ0n) is 5.16. The molecule has 0 aliphatic heterocycles. The Bertz CT molecular complexity index is 230. The standard InChI is InChI=1S/C7H6BrNS/c8-7-3-1-6(2-4-7)5-9-10/h1-5,10H/b9-5+. The summed E-state index contributed by atoms with van der Waals surface area (Å²) in [6.07, 6.45) is 1.69. The van der Waals surface area contributed by atoms with Crippen LogP contribution in [0.1, 0.15) is 5.56 Å². The molecule has 52 valence electrons. The maximum absolute atomic E-state index is 3.72. The fraction of sp³-hybridized carbons (Fsp3) is 0. The lowest BCUT2D eigenvalue weighted by Gasteiger charge is -1.90. The third-order valence-electron chi connectivity index (χ3n) is 1.08. The van der Waals surface area contributed by atoms with Crippen LogP contribution >= 0.6 is 28.7 Å². The van der Waals surface area contributed by atoms with Crippen molar-refractivity contribution in [3.63, 3.8) is 0 Å². The van der Waals surface area contributed by atoms with Crippen molar-refractivity contribution in [3.05, 3.63) is 34.3 Å². The molecule has 0 heterocycles. The third-order valence-corrected chi connectivity index (χ3v) is 1.72. The largest absolute Gasteiger partial charge is 0.227 e. The van der Waals surface area contributed by atoms with E-state index in [0.29, 0.717) is 0 Å². The molecule has 0 spiro atoms. The Balaban J connectivity index is 2.89. The summed E-state index contributed by atoms with van der Waals surface area (Å²) in [6.45, 7) is 0. The molecule has 0 fully saturated rings. The topological polar surface area (TPSA) is 12.4 Å². The van der Waals surface area contributed by atoms with Gasteiger partial charge in [0.05, 0.1) is 0 Å². The summed E-state index contributed by atoms with van der Waals surface area (Å²) in [7, 11) is 0. The highest BCUT2D eigenvalue weighted by atomic mass is 79.9. The van der Waals surface area contributed by atoms with Crippen LogP contribution in [0, 0.1) is 0 Å². The van der Waals surface area contributed by atoms with Gasteiger partial charge in [-0.25, -0.2) is 4.40 Å². The van der Waals surface area contributed by atoms with Gasteiger partial charge in [0.1, 0.15) is 0 Å². The van der Waals surface area contributed by atoms with Gasteiger partial charge >= 0.3 is 0 Å². The van der Waals surface area contributed by atoms with Gasteiger partial charge in [-0.3, -0.25) is 0 Å². The highest BCUT2D eigenvalue weighted by Gasteiger charge is 1.85. The van der Waals surface area contributed by atoms with Crippen molar-refractivity contribution in [2.75, 3.05) is 0 Å². The van der Waals surface area contributed by atoms with Gasteiger partial charge in [0.25, 0.3) is 0 Å². The van der Waals surface area contributed by atoms with Crippen molar-refractivity contribution in [2.24, 2.45) is 4.40 Å². The fourth-order valence-corrected chi connectivity index (χ4v) is 1.01. The molecule has 3 heteroatoms. The molecule has 1 nitrogen and oxygen atoms in total. The molecule has 0 atom stereocenters. The summed E-state index contributed by atoms with van der Waals surface area (Å²) < 4.78 is 4.66. The Morgan fingerprint density at radius 2 is 1.90 bits per heavy atom. The molecule has 0 amide bonds. The molecule has 0 unspecified atom stereocenters. The predicted molar refractivity (Wildman–Crippen MR) is 50.7 cm³/mol. The average molecular weight is 216 g/mol. The molecule has 1 aromatic rings. The smallest absolute Gasteiger partial charge is 0.0420 e. The van der Waals surface area contributed by atoms with Gasteiger partial charge in [-0.05, 0) is 30.5 Å². The second-order valence-corrected chi connectivity index (χ2v) is 2.94. The molecule has 0 radical (unpaired) electrons. The van der Waals surface area contributed by atoms with E-state index in [2.05, 4.69) is 33.1 Å². The van der Waals surface area contributed by atoms with E-state index in [1.807, 2.05) is 24.3 Å². The van der Waals surface area contributed by atoms with Crippen molar-refractivity contribution in [2.45, 2.75) is 0 Å². The molecule has 0 bridgehead atoms. The summed E-state index contributed by atoms with van der Waals surface area (Å²) in [5.41, 5.74) is 1.05. The number of nitrogens with zero attached hydrogens (tertiary/aromatic N) is 1. The summed E-state index contributed by atoms with van der Waals surface area (Å²) >= 11 is 7.05. The third kappa shape index (κ3) is 2.15.